The van der Waals surface area contributed by atoms with E-state index in [2.05, 4.69) is 4.90 Å². The van der Waals surface area contributed by atoms with Crippen molar-refractivity contribution in [2.24, 2.45) is 5.73 Å². The Balaban J connectivity index is 2.18. The van der Waals surface area contributed by atoms with Gasteiger partial charge in [-0.3, -0.25) is 4.79 Å². The number of nitrogens with two attached hydrogens (primary N) is 1. The molecule has 0 amide bonds. The second-order valence-electron chi connectivity index (χ2n) is 5.10. The number of carbonyl (C=O) groups is 1. The molecule has 1 aromatic carbocycles. The number of rotatable bonds is 4. The van der Waals surface area contributed by atoms with Gasteiger partial charge in [-0.2, -0.15) is 0 Å². The van der Waals surface area contributed by atoms with Crippen LogP contribution in [0, 0.1) is 6.92 Å². The van der Waals surface area contributed by atoms with Crippen molar-refractivity contribution in [3.8, 4) is 0 Å². The van der Waals surface area contributed by atoms with Crippen LogP contribution < -0.4 is 10.6 Å². The fraction of sp³-hybridized carbons (Fsp3) is 0.467. The van der Waals surface area contributed by atoms with Crippen LogP contribution in [0.4, 0.5) is 5.69 Å². The van der Waals surface area contributed by atoms with Crippen LogP contribution in [-0.2, 0) is 14.3 Å². The molecule has 2 rings (SSSR count). The Morgan fingerprint density at radius 2 is 2.33 bits per heavy atom. The average Bonchev–Trinajstić information content (AvgIpc) is 2.47. The molecule has 1 atom stereocenters. The standard InChI is InChI=1S/C15H20N2O3S/c1-10-3-4-13(12(7-10)15(16)21)17-5-6-20-11(9-17)8-14(18)19-2/h3-4,7,11H,5-6,8-9H2,1-2H3,(H2,16,21). The third-order valence-electron chi connectivity index (χ3n) is 3.52. The number of ether oxygens (including phenoxy) is 2. The van der Waals surface area contributed by atoms with Gasteiger partial charge in [-0.05, 0) is 19.1 Å². The van der Waals surface area contributed by atoms with Gasteiger partial charge in [-0.1, -0.05) is 23.8 Å². The highest BCUT2D eigenvalue weighted by molar-refractivity contribution is 7.80. The van der Waals surface area contributed by atoms with E-state index < -0.39 is 0 Å². The van der Waals surface area contributed by atoms with Crippen LogP contribution in [0.3, 0.4) is 0 Å². The number of anilines is 1. The van der Waals surface area contributed by atoms with Crippen molar-refractivity contribution in [2.75, 3.05) is 31.7 Å². The maximum Gasteiger partial charge on any atom is 0.308 e. The van der Waals surface area contributed by atoms with E-state index in [1.54, 1.807) is 0 Å². The van der Waals surface area contributed by atoms with Crippen molar-refractivity contribution in [3.05, 3.63) is 29.3 Å². The van der Waals surface area contributed by atoms with Gasteiger partial charge in [0.1, 0.15) is 4.99 Å². The second kappa shape index (κ2) is 6.87. The molecule has 0 radical (unpaired) electrons. The monoisotopic (exact) mass is 308 g/mol. The third-order valence-corrected chi connectivity index (χ3v) is 3.74. The predicted molar refractivity (Wildman–Crippen MR) is 85.7 cm³/mol. The van der Waals surface area contributed by atoms with Crippen LogP contribution in [0.5, 0.6) is 0 Å². The Hall–Kier alpha value is -1.66. The molecule has 1 heterocycles. The number of aryl methyl sites for hydroxylation is 1. The lowest BCUT2D eigenvalue weighted by atomic mass is 10.1. The Morgan fingerprint density at radius 1 is 1.57 bits per heavy atom. The lowest BCUT2D eigenvalue weighted by Crippen LogP contribution is -2.44. The number of hydrogen-bond donors (Lipinski definition) is 1. The summed E-state index contributed by atoms with van der Waals surface area (Å²) < 4.78 is 10.3. The summed E-state index contributed by atoms with van der Waals surface area (Å²) in [4.78, 5) is 13.9. The molecular formula is C15H20N2O3S. The summed E-state index contributed by atoms with van der Waals surface area (Å²) in [5.41, 5.74) is 8.79. The van der Waals surface area contributed by atoms with Crippen LogP contribution in [0.2, 0.25) is 0 Å². The summed E-state index contributed by atoms with van der Waals surface area (Å²) in [6.07, 6.45) is 0.0769. The van der Waals surface area contributed by atoms with Gasteiger partial charge < -0.3 is 20.1 Å². The molecule has 1 aromatic rings. The number of esters is 1. The highest BCUT2D eigenvalue weighted by Crippen LogP contribution is 2.25. The van der Waals surface area contributed by atoms with Gasteiger partial charge in [-0.15, -0.1) is 0 Å². The predicted octanol–water partition coefficient (Wildman–Crippen LogP) is 1.40. The highest BCUT2D eigenvalue weighted by Gasteiger charge is 2.25. The fourth-order valence-corrected chi connectivity index (χ4v) is 2.62. The summed E-state index contributed by atoms with van der Waals surface area (Å²) in [6, 6.07) is 6.04. The zero-order valence-corrected chi connectivity index (χ0v) is 13.1. The summed E-state index contributed by atoms with van der Waals surface area (Å²) in [6.45, 7) is 3.93. The molecule has 0 aromatic heterocycles. The van der Waals surface area contributed by atoms with E-state index in [1.807, 2.05) is 25.1 Å². The zero-order valence-electron chi connectivity index (χ0n) is 12.3. The van der Waals surface area contributed by atoms with Crippen LogP contribution in [0.1, 0.15) is 17.5 Å². The molecule has 21 heavy (non-hydrogen) atoms. The fourth-order valence-electron chi connectivity index (χ4n) is 2.45. The summed E-state index contributed by atoms with van der Waals surface area (Å²) in [7, 11) is 1.38. The number of nitrogens with zero attached hydrogens (tertiary/aromatic N) is 1. The minimum absolute atomic E-state index is 0.174. The van der Waals surface area contributed by atoms with E-state index in [9.17, 15) is 4.79 Å². The van der Waals surface area contributed by atoms with Crippen LogP contribution in [-0.4, -0.2) is 43.9 Å². The van der Waals surface area contributed by atoms with Crippen LogP contribution >= 0.6 is 12.2 Å². The van der Waals surface area contributed by atoms with Gasteiger partial charge in [0, 0.05) is 24.3 Å². The smallest absolute Gasteiger partial charge is 0.308 e. The molecular weight excluding hydrogens is 288 g/mol. The van der Waals surface area contributed by atoms with Crippen LogP contribution in [0.15, 0.2) is 18.2 Å². The van der Waals surface area contributed by atoms with Crippen molar-refractivity contribution in [3.63, 3.8) is 0 Å². The van der Waals surface area contributed by atoms with E-state index >= 15 is 0 Å². The quantitative estimate of drug-likeness (QED) is 0.670. The molecule has 0 bridgehead atoms. The van der Waals surface area contributed by atoms with E-state index in [0.29, 0.717) is 18.1 Å². The first-order valence-electron chi connectivity index (χ1n) is 6.85. The largest absolute Gasteiger partial charge is 0.469 e. The zero-order chi connectivity index (χ0) is 15.4. The number of morpholine rings is 1. The van der Waals surface area contributed by atoms with E-state index in [0.717, 1.165) is 23.4 Å². The van der Waals surface area contributed by atoms with Crippen molar-refractivity contribution in [1.82, 2.24) is 0 Å². The Morgan fingerprint density at radius 3 is 3.00 bits per heavy atom. The van der Waals surface area contributed by atoms with Gasteiger partial charge in [0.05, 0.1) is 26.2 Å². The maximum absolute atomic E-state index is 11.4. The van der Waals surface area contributed by atoms with Gasteiger partial charge in [0.15, 0.2) is 0 Å². The van der Waals surface area contributed by atoms with Crippen LogP contribution in [0.25, 0.3) is 0 Å². The Labute approximate surface area is 130 Å². The van der Waals surface area contributed by atoms with E-state index in [4.69, 9.17) is 27.4 Å². The van der Waals surface area contributed by atoms with Crippen molar-refractivity contribution < 1.29 is 14.3 Å². The molecule has 0 aliphatic carbocycles. The molecule has 1 aliphatic rings. The molecule has 6 heteroatoms. The molecule has 1 unspecified atom stereocenters. The lowest BCUT2D eigenvalue weighted by molar-refractivity contribution is -0.144. The van der Waals surface area contributed by atoms with E-state index in [-0.39, 0.29) is 18.5 Å². The van der Waals surface area contributed by atoms with Gasteiger partial charge in [-0.25, -0.2) is 0 Å². The Kier molecular flexibility index (Phi) is 5.14. The highest BCUT2D eigenvalue weighted by atomic mass is 32.1. The third kappa shape index (κ3) is 3.92. The average molecular weight is 308 g/mol. The minimum atomic E-state index is -0.264. The Bertz CT molecular complexity index is 548. The molecule has 0 spiro atoms. The summed E-state index contributed by atoms with van der Waals surface area (Å²) in [5, 5.41) is 0. The molecule has 1 aliphatic heterocycles. The van der Waals surface area contributed by atoms with E-state index in [1.165, 1.54) is 7.11 Å². The molecule has 0 saturated carbocycles. The molecule has 1 saturated heterocycles. The number of carbonyl (C=O) groups excluding carboxylic acids is 1. The SMILES string of the molecule is COC(=O)CC1CN(c2ccc(C)cc2C(N)=S)CCO1. The van der Waals surface area contributed by atoms with Gasteiger partial charge >= 0.3 is 5.97 Å². The van der Waals surface area contributed by atoms with Crippen molar-refractivity contribution in [1.29, 1.82) is 0 Å². The normalized spacial score (nSPS) is 18.4. The maximum atomic E-state index is 11.4. The first kappa shape index (κ1) is 15.7. The van der Waals surface area contributed by atoms with Gasteiger partial charge in [0.2, 0.25) is 0 Å². The summed E-state index contributed by atoms with van der Waals surface area (Å²) in [5.74, 6) is -0.264. The van der Waals surface area contributed by atoms with Gasteiger partial charge in [0.25, 0.3) is 0 Å². The minimum Gasteiger partial charge on any atom is -0.469 e. The second-order valence-corrected chi connectivity index (χ2v) is 5.54. The molecule has 1 fully saturated rings. The molecule has 114 valence electrons. The number of thiocarbonyl (C=S) groups is 1. The number of benzene rings is 1. The van der Waals surface area contributed by atoms with Crippen molar-refractivity contribution in [2.45, 2.75) is 19.4 Å². The van der Waals surface area contributed by atoms with Crippen molar-refractivity contribution >= 4 is 28.9 Å². The lowest BCUT2D eigenvalue weighted by Gasteiger charge is -2.35. The molecule has 2 N–H and O–H groups in total. The number of methoxy groups -OCH3 is 1. The number of hydrogen-bond acceptors (Lipinski definition) is 5. The first-order valence-corrected chi connectivity index (χ1v) is 7.26. The summed E-state index contributed by atoms with van der Waals surface area (Å²) >= 11 is 5.14. The first-order chi connectivity index (χ1) is 10.0. The molecule has 5 nitrogen and oxygen atoms in total. The topological polar surface area (TPSA) is 64.8 Å².